The fraction of sp³-hybridized carbons (Fsp3) is 0.980. The second-order valence-corrected chi connectivity index (χ2v) is 20.4. The number of phosphoric acid groups is 1. The fourth-order valence-electron chi connectivity index (χ4n) is 7.67. The van der Waals surface area contributed by atoms with Crippen molar-refractivity contribution >= 4 is 13.8 Å². The molecule has 0 aliphatic carbocycles. The molecular weight excluding hydrogens is 758 g/mol. The van der Waals surface area contributed by atoms with Crippen molar-refractivity contribution in [3.63, 3.8) is 0 Å². The van der Waals surface area contributed by atoms with Crippen molar-refractivity contribution in [2.24, 2.45) is 0 Å². The lowest BCUT2D eigenvalue weighted by molar-refractivity contribution is -0.870. The van der Waals surface area contributed by atoms with Crippen molar-refractivity contribution in [2.45, 2.75) is 264 Å². The van der Waals surface area contributed by atoms with Gasteiger partial charge in [0.1, 0.15) is 19.3 Å². The van der Waals surface area contributed by atoms with Crippen LogP contribution in [0.4, 0.5) is 0 Å². The Morgan fingerprint density at radius 2 is 0.780 bits per heavy atom. The van der Waals surface area contributed by atoms with Crippen molar-refractivity contribution in [1.82, 2.24) is 0 Å². The number of carbonyl (C=O) groups excluding carboxylic acids is 1. The normalized spacial score (nSPS) is 13.5. The van der Waals surface area contributed by atoms with Crippen LogP contribution in [0.2, 0.25) is 0 Å². The predicted molar refractivity (Wildman–Crippen MR) is 252 cm³/mol. The molecule has 0 radical (unpaired) electrons. The van der Waals surface area contributed by atoms with Gasteiger partial charge in [-0.05, 0) is 12.8 Å². The fourth-order valence-corrected chi connectivity index (χ4v) is 8.42. The summed E-state index contributed by atoms with van der Waals surface area (Å²) in [6.07, 6.45) is 48.6. The topological polar surface area (TPSA) is 91.3 Å². The molecule has 0 aromatic heterocycles. The molecule has 0 aromatic carbocycles. The zero-order chi connectivity index (χ0) is 43.4. The Labute approximate surface area is 368 Å². The van der Waals surface area contributed by atoms with Crippen LogP contribution in [0.15, 0.2) is 0 Å². The van der Waals surface area contributed by atoms with E-state index in [2.05, 4.69) is 13.8 Å². The highest BCUT2D eigenvalue weighted by molar-refractivity contribution is 7.47. The van der Waals surface area contributed by atoms with Crippen LogP contribution in [0, 0.1) is 0 Å². The lowest BCUT2D eigenvalue weighted by Gasteiger charge is -2.24. The average Bonchev–Trinajstić information content (AvgIpc) is 3.19. The van der Waals surface area contributed by atoms with Crippen LogP contribution in [0.3, 0.4) is 0 Å². The number of likely N-dealkylation sites (N-methyl/N-ethyl adjacent to an activating group) is 1. The number of quaternary nitrogens is 1. The van der Waals surface area contributed by atoms with Gasteiger partial charge in [0.2, 0.25) is 0 Å². The Bertz CT molecular complexity index is 914. The number of hydrogen-bond donors (Lipinski definition) is 1. The van der Waals surface area contributed by atoms with Crippen molar-refractivity contribution in [1.29, 1.82) is 0 Å². The third-order valence-electron chi connectivity index (χ3n) is 11.7. The van der Waals surface area contributed by atoms with Crippen molar-refractivity contribution < 1.29 is 37.3 Å². The molecule has 0 spiro atoms. The van der Waals surface area contributed by atoms with Gasteiger partial charge >= 0.3 is 13.8 Å². The van der Waals surface area contributed by atoms with Crippen molar-refractivity contribution in [3.8, 4) is 0 Å². The molecule has 0 aliphatic heterocycles. The highest BCUT2D eigenvalue weighted by Crippen LogP contribution is 2.43. The SMILES string of the molecule is CCCCCCCCCCCCCCCCCCCCCCCCCOCC(COP(=O)(O)OCC[N+](C)(C)C)OC(=O)CCCCCCCCCCCCCCCC. The Balaban J connectivity index is 4.03. The minimum Gasteiger partial charge on any atom is -0.457 e. The molecule has 8 nitrogen and oxygen atoms in total. The summed E-state index contributed by atoms with van der Waals surface area (Å²) in [5.41, 5.74) is 0. The van der Waals surface area contributed by atoms with Gasteiger partial charge in [-0.25, -0.2) is 4.57 Å². The lowest BCUT2D eigenvalue weighted by Crippen LogP contribution is -2.37. The van der Waals surface area contributed by atoms with E-state index in [0.29, 0.717) is 24.1 Å². The van der Waals surface area contributed by atoms with E-state index in [1.54, 1.807) is 0 Å². The monoisotopic (exact) mass is 861 g/mol. The number of hydrogen-bond acceptors (Lipinski definition) is 6. The summed E-state index contributed by atoms with van der Waals surface area (Å²) in [6, 6.07) is 0. The van der Waals surface area contributed by atoms with Crippen LogP contribution in [0.5, 0.6) is 0 Å². The number of esters is 1. The quantitative estimate of drug-likeness (QED) is 0.0282. The standard InChI is InChI=1S/C50H102NO7P/c1-6-8-10-12-14-16-18-20-22-23-24-25-26-27-28-29-30-32-34-36-38-40-42-45-55-47-49(48-57-59(53,54)56-46-44-51(3,4)5)58-50(52)43-41-39-37-35-33-31-21-19-17-15-13-11-9-7-2/h49H,6-48H2,1-5H3/p+1. The van der Waals surface area contributed by atoms with Gasteiger partial charge in [-0.15, -0.1) is 0 Å². The molecule has 0 fully saturated rings. The molecule has 0 saturated carbocycles. The number of carbonyl (C=O) groups is 1. The highest BCUT2D eigenvalue weighted by atomic mass is 31.2. The molecule has 0 bridgehead atoms. The molecule has 0 saturated heterocycles. The van der Waals surface area contributed by atoms with Crippen LogP contribution < -0.4 is 0 Å². The van der Waals surface area contributed by atoms with E-state index in [1.807, 2.05) is 21.1 Å². The van der Waals surface area contributed by atoms with Crippen molar-refractivity contribution in [2.75, 3.05) is 54.1 Å². The van der Waals surface area contributed by atoms with Gasteiger partial charge in [0.15, 0.2) is 0 Å². The smallest absolute Gasteiger partial charge is 0.457 e. The molecule has 2 unspecified atom stereocenters. The van der Waals surface area contributed by atoms with Crippen LogP contribution >= 0.6 is 7.82 Å². The van der Waals surface area contributed by atoms with Crippen molar-refractivity contribution in [3.05, 3.63) is 0 Å². The summed E-state index contributed by atoms with van der Waals surface area (Å²) in [6.45, 7) is 5.70. The summed E-state index contributed by atoms with van der Waals surface area (Å²) in [5, 5.41) is 0. The van der Waals surface area contributed by atoms with E-state index < -0.39 is 13.9 Å². The second-order valence-electron chi connectivity index (χ2n) is 18.9. The molecule has 0 amide bonds. The number of phosphoric ester groups is 1. The van der Waals surface area contributed by atoms with E-state index in [4.69, 9.17) is 18.5 Å². The number of rotatable bonds is 49. The van der Waals surface area contributed by atoms with Gasteiger partial charge in [0.05, 0.1) is 34.4 Å². The molecule has 0 rings (SSSR count). The van der Waals surface area contributed by atoms with Crippen LogP contribution in [-0.2, 0) is 27.9 Å². The summed E-state index contributed by atoms with van der Waals surface area (Å²) in [7, 11) is 1.69. The number of unbranched alkanes of at least 4 members (excludes halogenated alkanes) is 35. The van der Waals surface area contributed by atoms with Gasteiger partial charge in [-0.1, -0.05) is 239 Å². The Kier molecular flexibility index (Phi) is 43.7. The first-order valence-corrected chi connectivity index (χ1v) is 27.3. The third kappa shape index (κ3) is 48.4. The maximum Gasteiger partial charge on any atom is 0.472 e. The maximum absolute atomic E-state index is 12.7. The minimum absolute atomic E-state index is 0.0941. The van der Waals surface area contributed by atoms with E-state index in [1.165, 1.54) is 205 Å². The maximum atomic E-state index is 12.7. The molecule has 0 heterocycles. The van der Waals surface area contributed by atoms with Gasteiger partial charge < -0.3 is 18.9 Å². The minimum atomic E-state index is -4.27. The predicted octanol–water partition coefficient (Wildman–Crippen LogP) is 15.6. The summed E-state index contributed by atoms with van der Waals surface area (Å²) >= 11 is 0. The van der Waals surface area contributed by atoms with E-state index in [9.17, 15) is 14.3 Å². The van der Waals surface area contributed by atoms with Crippen LogP contribution in [0.1, 0.15) is 258 Å². The van der Waals surface area contributed by atoms with Gasteiger partial charge in [0, 0.05) is 13.0 Å². The largest absolute Gasteiger partial charge is 0.472 e. The average molecular weight is 861 g/mol. The van der Waals surface area contributed by atoms with Crippen LogP contribution in [-0.4, -0.2) is 75.6 Å². The van der Waals surface area contributed by atoms with Gasteiger partial charge in [-0.2, -0.15) is 0 Å². The van der Waals surface area contributed by atoms with Gasteiger partial charge in [-0.3, -0.25) is 13.8 Å². The summed E-state index contributed by atoms with van der Waals surface area (Å²) in [4.78, 5) is 23.0. The number of ether oxygens (including phenoxy) is 2. The number of nitrogens with zero attached hydrogens (tertiary/aromatic N) is 1. The highest BCUT2D eigenvalue weighted by Gasteiger charge is 2.26. The molecule has 0 aliphatic rings. The summed E-state index contributed by atoms with van der Waals surface area (Å²) < 4.78 is 35.1. The molecule has 0 aromatic rings. The van der Waals surface area contributed by atoms with E-state index >= 15 is 0 Å². The first-order chi connectivity index (χ1) is 28.6. The van der Waals surface area contributed by atoms with Crippen LogP contribution in [0.25, 0.3) is 0 Å². The van der Waals surface area contributed by atoms with E-state index in [-0.39, 0.29) is 25.8 Å². The zero-order valence-corrected chi connectivity index (χ0v) is 41.2. The molecular formula is C50H103NO7P+. The zero-order valence-electron chi connectivity index (χ0n) is 40.3. The second kappa shape index (κ2) is 44.1. The Morgan fingerprint density at radius 3 is 1.12 bits per heavy atom. The first kappa shape index (κ1) is 58.5. The summed E-state index contributed by atoms with van der Waals surface area (Å²) in [5.74, 6) is -0.306. The molecule has 9 heteroatoms. The molecule has 1 N–H and O–H groups in total. The lowest BCUT2D eigenvalue weighted by atomic mass is 10.0. The Hall–Kier alpha value is -0.500. The third-order valence-corrected chi connectivity index (χ3v) is 12.7. The molecule has 354 valence electrons. The van der Waals surface area contributed by atoms with E-state index in [0.717, 1.165) is 32.1 Å². The molecule has 2 atom stereocenters. The van der Waals surface area contributed by atoms with Gasteiger partial charge in [0.25, 0.3) is 0 Å². The first-order valence-electron chi connectivity index (χ1n) is 25.8. The Morgan fingerprint density at radius 1 is 0.458 bits per heavy atom. The molecule has 59 heavy (non-hydrogen) atoms.